The Labute approximate surface area is 187 Å². The van der Waals surface area contributed by atoms with Gasteiger partial charge in [-0.15, -0.1) is 0 Å². The molecular formula is C20H34IN3O5. The summed E-state index contributed by atoms with van der Waals surface area (Å²) in [7, 11) is 1.62. The van der Waals surface area contributed by atoms with Gasteiger partial charge in [0.1, 0.15) is 23.7 Å². The van der Waals surface area contributed by atoms with E-state index >= 15 is 0 Å². The minimum atomic E-state index is -0.818. The van der Waals surface area contributed by atoms with E-state index in [9.17, 15) is 19.2 Å². The number of likely N-dealkylation sites (tertiary alicyclic amines) is 1. The fourth-order valence-corrected chi connectivity index (χ4v) is 3.99. The van der Waals surface area contributed by atoms with Crippen LogP contribution in [0.5, 0.6) is 0 Å². The normalized spacial score (nSPS) is 18.9. The highest BCUT2D eigenvalue weighted by molar-refractivity contribution is 14.1. The van der Waals surface area contributed by atoms with Gasteiger partial charge in [0.25, 0.3) is 0 Å². The van der Waals surface area contributed by atoms with Crippen LogP contribution in [0.3, 0.4) is 0 Å². The fraction of sp³-hybridized carbons (Fsp3) is 0.800. The van der Waals surface area contributed by atoms with E-state index in [2.05, 4.69) is 5.32 Å². The third-order valence-electron chi connectivity index (χ3n) is 4.70. The number of hydrogen-bond acceptors (Lipinski definition) is 5. The number of hydrogen-bond donors (Lipinski definition) is 1. The number of ether oxygens (including phenoxy) is 1. The highest BCUT2D eigenvalue weighted by Gasteiger charge is 2.40. The lowest BCUT2D eigenvalue weighted by Gasteiger charge is -2.33. The van der Waals surface area contributed by atoms with Crippen LogP contribution in [0.15, 0.2) is 0 Å². The minimum Gasteiger partial charge on any atom is -0.444 e. The Bertz CT molecular complexity index is 632. The van der Waals surface area contributed by atoms with E-state index in [-0.39, 0.29) is 21.5 Å². The summed E-state index contributed by atoms with van der Waals surface area (Å²) in [5, 5.41) is 2.54. The predicted octanol–water partition coefficient (Wildman–Crippen LogP) is 2.73. The van der Waals surface area contributed by atoms with Crippen LogP contribution in [0.25, 0.3) is 0 Å². The zero-order valence-electron chi connectivity index (χ0n) is 18.5. The first-order chi connectivity index (χ1) is 13.2. The molecule has 0 spiro atoms. The smallest absolute Gasteiger partial charge is 0.408 e. The topological polar surface area (TPSA) is 96.0 Å². The molecule has 0 aromatic rings. The summed E-state index contributed by atoms with van der Waals surface area (Å²) in [6.45, 7) is 11.2. The molecule has 0 aromatic heterocycles. The molecule has 1 heterocycles. The lowest BCUT2D eigenvalue weighted by molar-refractivity contribution is -0.146. The number of alkyl carbamates (subject to hydrolysis) is 1. The van der Waals surface area contributed by atoms with Crippen molar-refractivity contribution < 1.29 is 23.9 Å². The molecule has 1 fully saturated rings. The van der Waals surface area contributed by atoms with E-state index in [0.717, 1.165) is 0 Å². The van der Waals surface area contributed by atoms with Crippen molar-refractivity contribution in [1.82, 2.24) is 15.1 Å². The summed E-state index contributed by atoms with van der Waals surface area (Å²) in [5.74, 6) is -0.314. The molecule has 0 saturated carbocycles. The maximum atomic E-state index is 13.1. The highest BCUT2D eigenvalue weighted by Crippen LogP contribution is 2.23. The Balaban J connectivity index is 2.85. The van der Waals surface area contributed by atoms with E-state index in [1.807, 2.05) is 13.8 Å². The van der Waals surface area contributed by atoms with Crippen LogP contribution in [-0.4, -0.2) is 68.8 Å². The number of likely N-dealkylation sites (N-methyl/N-ethyl adjacent to an activating group) is 1. The summed E-state index contributed by atoms with van der Waals surface area (Å²) in [4.78, 5) is 53.0. The van der Waals surface area contributed by atoms with Gasteiger partial charge in [-0.2, -0.15) is 0 Å². The van der Waals surface area contributed by atoms with Crippen LogP contribution >= 0.6 is 22.6 Å². The van der Waals surface area contributed by atoms with E-state index < -0.39 is 29.8 Å². The molecule has 1 saturated heterocycles. The molecule has 0 aromatic carbocycles. The molecule has 0 aliphatic carbocycles. The van der Waals surface area contributed by atoms with Gasteiger partial charge in [-0.3, -0.25) is 14.4 Å². The van der Waals surface area contributed by atoms with Crippen molar-refractivity contribution >= 4 is 44.3 Å². The number of amides is 3. The zero-order chi connectivity index (χ0) is 22.5. The van der Waals surface area contributed by atoms with Gasteiger partial charge in [0, 0.05) is 36.2 Å². The standard InChI is InChI=1S/C20H34IN3O5/c1-12(2)11-15(16(21)25)23(7)18(27)14-9-8-10-24(14)17(26)13(3)22-19(28)29-20(4,5)6/h12-15H,8-11H2,1-7H3,(H,22,28)/t13-,14?,15?/m0/s1. The molecule has 9 heteroatoms. The molecule has 8 nitrogen and oxygen atoms in total. The summed E-state index contributed by atoms with van der Waals surface area (Å²) < 4.78 is 5.10. The molecule has 3 atom stereocenters. The van der Waals surface area contributed by atoms with Crippen LogP contribution in [0, 0.1) is 5.92 Å². The summed E-state index contributed by atoms with van der Waals surface area (Å²) >= 11 is 1.73. The SMILES string of the molecule is CC(C)CC(C(=O)I)N(C)C(=O)C1CCCN1C(=O)[C@H](C)NC(=O)OC(C)(C)C. The number of carbonyl (C=O) groups is 4. The molecule has 166 valence electrons. The number of halogens is 1. The van der Waals surface area contributed by atoms with Crippen molar-refractivity contribution in [1.29, 1.82) is 0 Å². The molecule has 3 amide bonds. The molecule has 1 rings (SSSR count). The molecule has 1 N–H and O–H groups in total. The monoisotopic (exact) mass is 523 g/mol. The first kappa shape index (κ1) is 25.6. The van der Waals surface area contributed by atoms with Gasteiger partial charge in [0.05, 0.1) is 0 Å². The van der Waals surface area contributed by atoms with E-state index in [0.29, 0.717) is 25.8 Å². The Morgan fingerprint density at radius 2 is 1.79 bits per heavy atom. The van der Waals surface area contributed by atoms with Crippen molar-refractivity contribution in [3.63, 3.8) is 0 Å². The van der Waals surface area contributed by atoms with Gasteiger partial charge < -0.3 is 19.9 Å². The summed E-state index contributed by atoms with van der Waals surface area (Å²) in [5.41, 5.74) is -0.668. The van der Waals surface area contributed by atoms with E-state index in [1.165, 1.54) is 9.80 Å². The fourth-order valence-electron chi connectivity index (χ4n) is 3.32. The summed E-state index contributed by atoms with van der Waals surface area (Å²) in [6.07, 6.45) is 1.13. The maximum Gasteiger partial charge on any atom is 0.408 e. The average Bonchev–Trinajstić information content (AvgIpc) is 3.04. The second-order valence-corrected chi connectivity index (χ2v) is 10.0. The van der Waals surface area contributed by atoms with Crippen LogP contribution in [0.2, 0.25) is 0 Å². The molecule has 2 unspecified atom stereocenters. The Morgan fingerprint density at radius 3 is 2.28 bits per heavy atom. The van der Waals surface area contributed by atoms with Crippen LogP contribution < -0.4 is 5.32 Å². The first-order valence-corrected chi connectivity index (χ1v) is 11.1. The van der Waals surface area contributed by atoms with Crippen LogP contribution in [-0.2, 0) is 19.1 Å². The predicted molar refractivity (Wildman–Crippen MR) is 119 cm³/mol. The van der Waals surface area contributed by atoms with Crippen molar-refractivity contribution in [3.05, 3.63) is 0 Å². The van der Waals surface area contributed by atoms with Gasteiger partial charge in [-0.1, -0.05) is 13.8 Å². The molecule has 1 aliphatic heterocycles. The molecular weight excluding hydrogens is 489 g/mol. The lowest BCUT2D eigenvalue weighted by atomic mass is 10.0. The number of rotatable bonds is 7. The maximum absolute atomic E-state index is 13.1. The summed E-state index contributed by atoms with van der Waals surface area (Å²) in [6, 6.07) is -1.96. The van der Waals surface area contributed by atoms with E-state index in [1.54, 1.807) is 57.3 Å². The van der Waals surface area contributed by atoms with Crippen molar-refractivity contribution in [2.75, 3.05) is 13.6 Å². The van der Waals surface area contributed by atoms with Gasteiger partial charge in [0.15, 0.2) is 0 Å². The van der Waals surface area contributed by atoms with Gasteiger partial charge in [-0.05, 0) is 52.9 Å². The number of nitrogens with zero attached hydrogens (tertiary/aromatic N) is 2. The largest absolute Gasteiger partial charge is 0.444 e. The van der Waals surface area contributed by atoms with E-state index in [4.69, 9.17) is 4.74 Å². The molecule has 29 heavy (non-hydrogen) atoms. The van der Waals surface area contributed by atoms with Crippen molar-refractivity contribution in [3.8, 4) is 0 Å². The third kappa shape index (κ3) is 7.75. The van der Waals surface area contributed by atoms with Crippen LogP contribution in [0.1, 0.15) is 60.8 Å². The Kier molecular flexibility index (Phi) is 9.36. The van der Waals surface area contributed by atoms with Crippen molar-refractivity contribution in [2.24, 2.45) is 5.92 Å². The van der Waals surface area contributed by atoms with Gasteiger partial charge >= 0.3 is 6.09 Å². The zero-order valence-corrected chi connectivity index (χ0v) is 20.6. The lowest BCUT2D eigenvalue weighted by Crippen LogP contribution is -2.55. The van der Waals surface area contributed by atoms with Crippen molar-refractivity contribution in [2.45, 2.75) is 84.5 Å². The molecule has 0 bridgehead atoms. The number of nitrogens with one attached hydrogen (secondary N) is 1. The van der Waals surface area contributed by atoms with Gasteiger partial charge in [0.2, 0.25) is 15.6 Å². The quantitative estimate of drug-likeness (QED) is 0.409. The first-order valence-electron chi connectivity index (χ1n) is 10.0. The van der Waals surface area contributed by atoms with Crippen LogP contribution in [0.4, 0.5) is 4.79 Å². The minimum absolute atomic E-state index is 0.0945. The second kappa shape index (κ2) is 10.6. The molecule has 0 radical (unpaired) electrons. The number of carbonyl (C=O) groups excluding carboxylic acids is 4. The third-order valence-corrected chi connectivity index (χ3v) is 5.42. The Morgan fingerprint density at radius 1 is 1.21 bits per heavy atom. The highest BCUT2D eigenvalue weighted by atomic mass is 127. The second-order valence-electron chi connectivity index (χ2n) is 8.96. The Hall–Kier alpha value is -1.39. The molecule has 1 aliphatic rings. The van der Waals surface area contributed by atoms with Gasteiger partial charge in [-0.25, -0.2) is 4.79 Å². The average molecular weight is 523 g/mol.